The van der Waals surface area contributed by atoms with Crippen LogP contribution in [0.4, 0.5) is 10.3 Å². The second-order valence-corrected chi connectivity index (χ2v) is 2.43. The summed E-state index contributed by atoms with van der Waals surface area (Å²) in [4.78, 5) is 17.5. The Morgan fingerprint density at radius 2 is 2.15 bits per heavy atom. The molecule has 0 aliphatic rings. The Morgan fingerprint density at radius 1 is 1.62 bits per heavy atom. The van der Waals surface area contributed by atoms with Crippen molar-refractivity contribution in [2.45, 2.75) is 13.0 Å². The predicted molar refractivity (Wildman–Crippen MR) is 42.7 cm³/mol. The molecule has 0 saturated heterocycles. The molecule has 1 rings (SSSR count). The highest BCUT2D eigenvalue weighted by molar-refractivity contribution is 5.75. The minimum atomic E-state index is -1.02. The van der Waals surface area contributed by atoms with Gasteiger partial charge in [0.25, 0.3) is 0 Å². The molecule has 0 bridgehead atoms. The largest absolute Gasteiger partial charge is 0.480 e. The number of aromatic nitrogens is 2. The molecule has 1 atom stereocenters. The van der Waals surface area contributed by atoms with Gasteiger partial charge < -0.3 is 10.4 Å². The molecule has 13 heavy (non-hydrogen) atoms. The van der Waals surface area contributed by atoms with E-state index in [1.165, 1.54) is 6.92 Å². The summed E-state index contributed by atoms with van der Waals surface area (Å²) in [6, 6.07) is -0.800. The number of carboxylic acid groups (broad SMARTS) is 1. The molecule has 1 heterocycles. The molecular formula is C7H8FN3O2. The molecule has 1 aromatic heterocycles. The van der Waals surface area contributed by atoms with E-state index in [1.807, 2.05) is 0 Å². The lowest BCUT2D eigenvalue weighted by atomic mass is 10.3. The van der Waals surface area contributed by atoms with Gasteiger partial charge in [-0.25, -0.2) is 14.4 Å². The lowest BCUT2D eigenvalue weighted by molar-refractivity contribution is -0.137. The number of hydrogen-bond donors (Lipinski definition) is 2. The second-order valence-electron chi connectivity index (χ2n) is 2.43. The fourth-order valence-electron chi connectivity index (χ4n) is 0.642. The minimum absolute atomic E-state index is 0.0938. The van der Waals surface area contributed by atoms with Crippen LogP contribution in [-0.4, -0.2) is 27.1 Å². The van der Waals surface area contributed by atoms with Crippen molar-refractivity contribution in [3.63, 3.8) is 0 Å². The summed E-state index contributed by atoms with van der Waals surface area (Å²) in [5.74, 6) is -1.49. The third-order valence-electron chi connectivity index (χ3n) is 1.34. The van der Waals surface area contributed by atoms with Crippen molar-refractivity contribution in [2.75, 3.05) is 5.32 Å². The molecule has 0 spiro atoms. The van der Waals surface area contributed by atoms with Crippen LogP contribution in [-0.2, 0) is 4.79 Å². The smallest absolute Gasteiger partial charge is 0.325 e. The summed E-state index contributed by atoms with van der Waals surface area (Å²) in [5.41, 5.74) is 0. The SMILES string of the molecule is CC(Nc1ncc(F)cn1)C(=O)O. The molecule has 0 fully saturated rings. The van der Waals surface area contributed by atoms with Gasteiger partial charge in [0.1, 0.15) is 6.04 Å². The molecule has 70 valence electrons. The molecule has 5 nitrogen and oxygen atoms in total. The molecule has 0 aliphatic carbocycles. The summed E-state index contributed by atoms with van der Waals surface area (Å²) < 4.78 is 12.3. The first kappa shape index (κ1) is 9.37. The Kier molecular flexibility index (Phi) is 2.73. The Balaban J connectivity index is 2.64. The fraction of sp³-hybridized carbons (Fsp3) is 0.286. The second kappa shape index (κ2) is 3.79. The Bertz CT molecular complexity index is 301. The van der Waals surface area contributed by atoms with Crippen LogP contribution in [0.3, 0.4) is 0 Å². The van der Waals surface area contributed by atoms with E-state index < -0.39 is 17.8 Å². The Labute approximate surface area is 73.6 Å². The van der Waals surface area contributed by atoms with Gasteiger partial charge in [0.05, 0.1) is 12.4 Å². The average Bonchev–Trinajstić information content (AvgIpc) is 2.08. The average molecular weight is 185 g/mol. The molecule has 0 amide bonds. The molecule has 0 saturated carbocycles. The zero-order valence-electron chi connectivity index (χ0n) is 6.86. The van der Waals surface area contributed by atoms with Crippen LogP contribution in [0.5, 0.6) is 0 Å². The van der Waals surface area contributed by atoms with E-state index in [2.05, 4.69) is 15.3 Å². The summed E-state index contributed by atoms with van der Waals surface area (Å²) in [5, 5.41) is 11.0. The van der Waals surface area contributed by atoms with Crippen LogP contribution in [0.15, 0.2) is 12.4 Å². The van der Waals surface area contributed by atoms with Crippen LogP contribution in [0.2, 0.25) is 0 Å². The lowest BCUT2D eigenvalue weighted by Crippen LogP contribution is -2.26. The van der Waals surface area contributed by atoms with E-state index in [0.29, 0.717) is 0 Å². The number of carbonyl (C=O) groups is 1. The van der Waals surface area contributed by atoms with E-state index in [0.717, 1.165) is 12.4 Å². The normalized spacial score (nSPS) is 12.2. The van der Waals surface area contributed by atoms with Crippen molar-refractivity contribution in [1.82, 2.24) is 9.97 Å². The van der Waals surface area contributed by atoms with Gasteiger partial charge in [0.15, 0.2) is 5.82 Å². The van der Waals surface area contributed by atoms with E-state index in [-0.39, 0.29) is 5.95 Å². The minimum Gasteiger partial charge on any atom is -0.480 e. The highest BCUT2D eigenvalue weighted by Crippen LogP contribution is 2.00. The number of hydrogen-bond acceptors (Lipinski definition) is 4. The number of nitrogens with one attached hydrogen (secondary N) is 1. The van der Waals surface area contributed by atoms with Crippen molar-refractivity contribution in [3.8, 4) is 0 Å². The summed E-state index contributed by atoms with van der Waals surface area (Å²) in [7, 11) is 0. The van der Waals surface area contributed by atoms with E-state index in [9.17, 15) is 9.18 Å². The third kappa shape index (κ3) is 2.66. The van der Waals surface area contributed by atoms with Gasteiger partial charge in [-0.2, -0.15) is 0 Å². The number of aliphatic carboxylic acids is 1. The number of nitrogens with zero attached hydrogens (tertiary/aromatic N) is 2. The summed E-state index contributed by atoms with van der Waals surface area (Å²) in [6.45, 7) is 1.44. The van der Waals surface area contributed by atoms with Crippen molar-refractivity contribution in [3.05, 3.63) is 18.2 Å². The van der Waals surface area contributed by atoms with Crippen LogP contribution >= 0.6 is 0 Å². The maximum absolute atomic E-state index is 12.3. The summed E-state index contributed by atoms with van der Waals surface area (Å²) in [6.07, 6.45) is 1.92. The van der Waals surface area contributed by atoms with Gasteiger partial charge in [-0.05, 0) is 6.92 Å². The number of anilines is 1. The van der Waals surface area contributed by atoms with Gasteiger partial charge in [0, 0.05) is 0 Å². The van der Waals surface area contributed by atoms with E-state index >= 15 is 0 Å². The van der Waals surface area contributed by atoms with Crippen LogP contribution in [0, 0.1) is 5.82 Å². The highest BCUT2D eigenvalue weighted by atomic mass is 19.1. The molecular weight excluding hydrogens is 177 g/mol. The summed E-state index contributed by atoms with van der Waals surface area (Å²) >= 11 is 0. The first-order chi connectivity index (χ1) is 6.09. The molecule has 0 radical (unpaired) electrons. The van der Waals surface area contributed by atoms with Gasteiger partial charge >= 0.3 is 5.97 Å². The topological polar surface area (TPSA) is 75.1 Å². The van der Waals surface area contributed by atoms with Crippen molar-refractivity contribution >= 4 is 11.9 Å². The third-order valence-corrected chi connectivity index (χ3v) is 1.34. The lowest BCUT2D eigenvalue weighted by Gasteiger charge is -2.07. The predicted octanol–water partition coefficient (Wildman–Crippen LogP) is 0.501. The van der Waals surface area contributed by atoms with Gasteiger partial charge in [-0.15, -0.1) is 0 Å². The molecule has 6 heteroatoms. The monoisotopic (exact) mass is 185 g/mol. The Morgan fingerprint density at radius 3 is 2.62 bits per heavy atom. The van der Waals surface area contributed by atoms with Gasteiger partial charge in [-0.3, -0.25) is 4.79 Å². The van der Waals surface area contributed by atoms with Crippen LogP contribution in [0.1, 0.15) is 6.92 Å². The first-order valence-electron chi connectivity index (χ1n) is 3.56. The maximum atomic E-state index is 12.3. The molecule has 2 N–H and O–H groups in total. The van der Waals surface area contributed by atoms with E-state index in [4.69, 9.17) is 5.11 Å². The maximum Gasteiger partial charge on any atom is 0.325 e. The zero-order valence-corrected chi connectivity index (χ0v) is 6.86. The number of carboxylic acids is 1. The van der Waals surface area contributed by atoms with Crippen LogP contribution in [0.25, 0.3) is 0 Å². The van der Waals surface area contributed by atoms with E-state index in [1.54, 1.807) is 0 Å². The fourth-order valence-corrected chi connectivity index (χ4v) is 0.642. The van der Waals surface area contributed by atoms with Crippen LogP contribution < -0.4 is 5.32 Å². The Hall–Kier alpha value is -1.72. The standard InChI is InChI=1S/C7H8FN3O2/c1-4(6(12)13)11-7-9-2-5(8)3-10-7/h2-4H,1H3,(H,12,13)(H,9,10,11). The zero-order chi connectivity index (χ0) is 9.84. The first-order valence-corrected chi connectivity index (χ1v) is 3.56. The highest BCUT2D eigenvalue weighted by Gasteiger charge is 2.10. The van der Waals surface area contributed by atoms with Crippen molar-refractivity contribution in [1.29, 1.82) is 0 Å². The number of halogens is 1. The van der Waals surface area contributed by atoms with Gasteiger partial charge in [0.2, 0.25) is 5.95 Å². The van der Waals surface area contributed by atoms with Gasteiger partial charge in [-0.1, -0.05) is 0 Å². The molecule has 1 unspecified atom stereocenters. The number of rotatable bonds is 3. The van der Waals surface area contributed by atoms with Crippen molar-refractivity contribution in [2.24, 2.45) is 0 Å². The molecule has 0 aliphatic heterocycles. The van der Waals surface area contributed by atoms with Crippen molar-refractivity contribution < 1.29 is 14.3 Å². The molecule has 0 aromatic carbocycles. The quantitative estimate of drug-likeness (QED) is 0.717. The molecule has 1 aromatic rings.